The highest BCUT2D eigenvalue weighted by molar-refractivity contribution is 7.94. The third kappa shape index (κ3) is 3.20. The minimum absolute atomic E-state index is 0.143. The topological polar surface area (TPSA) is 56.3 Å². The fourth-order valence-corrected chi connectivity index (χ4v) is 2.73. The Morgan fingerprint density at radius 2 is 1.84 bits per heavy atom. The van der Waals surface area contributed by atoms with Crippen LogP contribution in [0.3, 0.4) is 0 Å². The lowest BCUT2D eigenvalue weighted by Crippen LogP contribution is -1.99. The van der Waals surface area contributed by atoms with Crippen molar-refractivity contribution in [3.05, 3.63) is 59.8 Å². The Labute approximate surface area is 112 Å². The molecule has 1 aromatic heterocycles. The van der Waals surface area contributed by atoms with E-state index in [-0.39, 0.29) is 4.90 Å². The summed E-state index contributed by atoms with van der Waals surface area (Å²) in [6.07, 6.45) is 3.07. The maximum Gasteiger partial charge on any atom is 0.203 e. The van der Waals surface area contributed by atoms with E-state index in [9.17, 15) is 8.42 Å². The van der Waals surface area contributed by atoms with E-state index in [4.69, 9.17) is 4.74 Å². The van der Waals surface area contributed by atoms with Crippen molar-refractivity contribution in [2.45, 2.75) is 4.90 Å². The molecule has 0 fully saturated rings. The summed E-state index contributed by atoms with van der Waals surface area (Å²) >= 11 is 0. The number of nitrogens with zero attached hydrogens (tertiary/aromatic N) is 1. The molecule has 0 saturated heterocycles. The maximum atomic E-state index is 12.2. The van der Waals surface area contributed by atoms with Gasteiger partial charge in [0.1, 0.15) is 10.6 Å². The van der Waals surface area contributed by atoms with Crippen LogP contribution in [0.1, 0.15) is 5.69 Å². The lowest BCUT2D eigenvalue weighted by molar-refractivity contribution is 0.403. The first-order valence-electron chi connectivity index (χ1n) is 5.61. The van der Waals surface area contributed by atoms with Crippen molar-refractivity contribution in [3.8, 4) is 5.75 Å². The van der Waals surface area contributed by atoms with Gasteiger partial charge in [-0.25, -0.2) is 8.42 Å². The Hall–Kier alpha value is -2.14. The van der Waals surface area contributed by atoms with Crippen LogP contribution < -0.4 is 4.74 Å². The summed E-state index contributed by atoms with van der Waals surface area (Å²) in [6.45, 7) is 0. The number of rotatable bonds is 4. The van der Waals surface area contributed by atoms with Gasteiger partial charge in [0.15, 0.2) is 0 Å². The van der Waals surface area contributed by atoms with Crippen molar-refractivity contribution >= 4 is 15.9 Å². The number of pyridine rings is 1. The number of aromatic nitrogens is 1. The summed E-state index contributed by atoms with van der Waals surface area (Å²) in [4.78, 5) is 4.18. The molecule has 5 heteroatoms. The van der Waals surface area contributed by atoms with Crippen LogP contribution >= 0.6 is 0 Å². The number of methoxy groups -OCH3 is 1. The van der Waals surface area contributed by atoms with E-state index >= 15 is 0 Å². The molecule has 0 spiro atoms. The molecular formula is C14H13NO3S. The van der Waals surface area contributed by atoms with Crippen LogP contribution in [0.5, 0.6) is 5.75 Å². The number of sulfone groups is 1. The Balaban J connectivity index is 2.36. The average Bonchev–Trinajstić information content (AvgIpc) is 2.46. The Kier molecular flexibility index (Phi) is 3.97. The molecule has 2 aromatic rings. The predicted molar refractivity (Wildman–Crippen MR) is 73.5 cm³/mol. The molecule has 0 N–H and O–H groups in total. The van der Waals surface area contributed by atoms with Crippen LogP contribution in [0.2, 0.25) is 0 Å². The van der Waals surface area contributed by atoms with E-state index in [1.54, 1.807) is 42.6 Å². The van der Waals surface area contributed by atoms with Crippen molar-refractivity contribution in [3.63, 3.8) is 0 Å². The molecule has 0 aliphatic carbocycles. The van der Waals surface area contributed by atoms with Gasteiger partial charge in [-0.2, -0.15) is 0 Å². The molecule has 1 heterocycles. The molecule has 0 saturated carbocycles. The van der Waals surface area contributed by atoms with Crippen molar-refractivity contribution < 1.29 is 13.2 Å². The molecule has 2 rings (SSSR count). The first-order valence-corrected chi connectivity index (χ1v) is 7.15. The molecule has 0 aliphatic heterocycles. The van der Waals surface area contributed by atoms with Crippen LogP contribution in [-0.4, -0.2) is 20.5 Å². The van der Waals surface area contributed by atoms with E-state index in [1.165, 1.54) is 19.3 Å². The normalized spacial score (nSPS) is 11.6. The zero-order valence-electron chi connectivity index (χ0n) is 10.4. The smallest absolute Gasteiger partial charge is 0.203 e. The fourth-order valence-electron chi connectivity index (χ4n) is 1.56. The van der Waals surface area contributed by atoms with E-state index in [1.807, 2.05) is 0 Å². The summed E-state index contributed by atoms with van der Waals surface area (Å²) in [5.74, 6) is 0.327. The van der Waals surface area contributed by atoms with Gasteiger partial charge in [0, 0.05) is 11.6 Å². The summed E-state index contributed by atoms with van der Waals surface area (Å²) in [5.41, 5.74) is 0.584. The highest BCUT2D eigenvalue weighted by Gasteiger charge is 2.15. The molecular weight excluding hydrogens is 262 g/mol. The van der Waals surface area contributed by atoms with Crippen molar-refractivity contribution in [1.29, 1.82) is 0 Å². The van der Waals surface area contributed by atoms with Crippen LogP contribution in [-0.2, 0) is 9.84 Å². The summed E-state index contributed by atoms with van der Waals surface area (Å²) in [6, 6.07) is 11.8. The molecule has 0 bridgehead atoms. The number of benzene rings is 1. The maximum absolute atomic E-state index is 12.2. The summed E-state index contributed by atoms with van der Waals surface area (Å²) in [5, 5.41) is 1.13. The van der Waals surface area contributed by atoms with Crippen LogP contribution in [0.15, 0.2) is 59.0 Å². The molecule has 0 radical (unpaired) electrons. The lowest BCUT2D eigenvalue weighted by Gasteiger charge is -2.05. The third-order valence-corrected chi connectivity index (χ3v) is 3.93. The molecule has 0 aliphatic rings. The minimum Gasteiger partial charge on any atom is -0.495 e. The Morgan fingerprint density at radius 3 is 2.53 bits per heavy atom. The van der Waals surface area contributed by atoms with E-state index in [0.29, 0.717) is 11.4 Å². The third-order valence-electron chi connectivity index (χ3n) is 2.48. The van der Waals surface area contributed by atoms with Gasteiger partial charge in [-0.1, -0.05) is 18.2 Å². The van der Waals surface area contributed by atoms with Crippen LogP contribution in [0.25, 0.3) is 6.08 Å². The second kappa shape index (κ2) is 5.67. The lowest BCUT2D eigenvalue weighted by atomic mass is 10.3. The fraction of sp³-hybridized carbons (Fsp3) is 0.0714. The molecule has 19 heavy (non-hydrogen) atoms. The second-order valence-corrected chi connectivity index (χ2v) is 5.56. The molecule has 0 atom stereocenters. The molecule has 98 valence electrons. The largest absolute Gasteiger partial charge is 0.495 e. The predicted octanol–water partition coefficient (Wildman–Crippen LogP) is 2.53. The SMILES string of the molecule is COc1ccccc1S(=O)(=O)/C=C/c1ccccn1. The van der Waals surface area contributed by atoms with Crippen LogP contribution in [0.4, 0.5) is 0 Å². The molecule has 1 aromatic carbocycles. The van der Waals surface area contributed by atoms with Gasteiger partial charge in [0.2, 0.25) is 9.84 Å². The van der Waals surface area contributed by atoms with Crippen molar-refractivity contribution in [1.82, 2.24) is 4.98 Å². The summed E-state index contributed by atoms with van der Waals surface area (Å²) in [7, 11) is -2.11. The van der Waals surface area contributed by atoms with Gasteiger partial charge in [0.05, 0.1) is 12.8 Å². The number of hydrogen-bond donors (Lipinski definition) is 0. The van der Waals surface area contributed by atoms with E-state index in [0.717, 1.165) is 5.41 Å². The van der Waals surface area contributed by atoms with Gasteiger partial charge in [-0.15, -0.1) is 0 Å². The Morgan fingerprint density at radius 1 is 1.11 bits per heavy atom. The Bertz CT molecular complexity index is 679. The number of para-hydroxylation sites is 1. The average molecular weight is 275 g/mol. The van der Waals surface area contributed by atoms with Crippen LogP contribution in [0, 0.1) is 0 Å². The van der Waals surface area contributed by atoms with Gasteiger partial charge in [-0.05, 0) is 30.3 Å². The molecule has 0 unspecified atom stereocenters. The zero-order chi connectivity index (χ0) is 13.7. The highest BCUT2D eigenvalue weighted by atomic mass is 32.2. The van der Waals surface area contributed by atoms with Gasteiger partial charge in [-0.3, -0.25) is 4.98 Å². The molecule has 4 nitrogen and oxygen atoms in total. The van der Waals surface area contributed by atoms with Crippen molar-refractivity contribution in [2.75, 3.05) is 7.11 Å². The van der Waals surface area contributed by atoms with Gasteiger partial charge < -0.3 is 4.74 Å². The first-order chi connectivity index (χ1) is 9.13. The van der Waals surface area contributed by atoms with E-state index < -0.39 is 9.84 Å². The minimum atomic E-state index is -3.55. The van der Waals surface area contributed by atoms with E-state index in [2.05, 4.69) is 4.98 Å². The number of ether oxygens (including phenoxy) is 1. The standard InChI is InChI=1S/C14H13NO3S/c1-18-13-7-2-3-8-14(13)19(16,17)11-9-12-6-4-5-10-15-12/h2-11H,1H3/b11-9+. The van der Waals surface area contributed by atoms with Crippen molar-refractivity contribution in [2.24, 2.45) is 0 Å². The quantitative estimate of drug-likeness (QED) is 0.860. The monoisotopic (exact) mass is 275 g/mol. The second-order valence-electron chi connectivity index (χ2n) is 3.75. The van der Waals surface area contributed by atoms with Gasteiger partial charge in [0.25, 0.3) is 0 Å². The zero-order valence-corrected chi connectivity index (χ0v) is 11.2. The number of hydrogen-bond acceptors (Lipinski definition) is 4. The highest BCUT2D eigenvalue weighted by Crippen LogP contribution is 2.24. The van der Waals surface area contributed by atoms with Gasteiger partial charge >= 0.3 is 0 Å². The molecule has 0 amide bonds. The summed E-state index contributed by atoms with van der Waals surface area (Å²) < 4.78 is 29.4. The first kappa shape index (κ1) is 13.3.